The second kappa shape index (κ2) is 10.4. The average molecular weight is 440 g/mol. The smallest absolute Gasteiger partial charge is 0.308 e. The number of hydrogen-bond donors (Lipinski definition) is 1. The third-order valence-corrected chi connectivity index (χ3v) is 4.97. The van der Waals surface area contributed by atoms with Gasteiger partial charge in [0.2, 0.25) is 0 Å². The van der Waals surface area contributed by atoms with Gasteiger partial charge in [-0.05, 0) is 36.2 Å². The van der Waals surface area contributed by atoms with E-state index in [0.717, 1.165) is 10.5 Å². The van der Waals surface area contributed by atoms with Crippen LogP contribution in [0, 0.1) is 0 Å². The van der Waals surface area contributed by atoms with E-state index in [9.17, 15) is 19.2 Å². The third-order valence-electron chi connectivity index (χ3n) is 4.97. The summed E-state index contributed by atoms with van der Waals surface area (Å²) in [5, 5.41) is 2.67. The Morgan fingerprint density at radius 2 is 1.59 bits per heavy atom. The molecule has 0 unspecified atom stereocenters. The molecule has 1 aliphatic rings. The minimum Gasteiger partial charge on any atom is -0.493 e. The molecule has 9 heteroatoms. The van der Waals surface area contributed by atoms with Crippen LogP contribution in [0.25, 0.3) is 0 Å². The van der Waals surface area contributed by atoms with Gasteiger partial charge in [0, 0.05) is 13.1 Å². The Bertz CT molecular complexity index is 1000. The molecule has 0 spiro atoms. The number of carbonyl (C=O) groups is 4. The molecular weight excluding hydrogens is 416 g/mol. The van der Waals surface area contributed by atoms with Crippen LogP contribution in [0.1, 0.15) is 32.7 Å². The fourth-order valence-corrected chi connectivity index (χ4v) is 3.30. The van der Waals surface area contributed by atoms with E-state index in [0.29, 0.717) is 35.6 Å². The zero-order valence-electron chi connectivity index (χ0n) is 17.9. The minimum atomic E-state index is -0.670. The second-order valence-corrected chi connectivity index (χ2v) is 7.01. The van der Waals surface area contributed by atoms with Crippen molar-refractivity contribution in [2.45, 2.75) is 12.8 Å². The maximum absolute atomic E-state index is 12.3. The molecular formula is C23H24N2O7. The van der Waals surface area contributed by atoms with Crippen molar-refractivity contribution in [3.8, 4) is 11.5 Å². The van der Waals surface area contributed by atoms with Crippen LogP contribution in [0.4, 0.5) is 0 Å². The largest absolute Gasteiger partial charge is 0.493 e. The number of amides is 3. The zero-order chi connectivity index (χ0) is 23.1. The van der Waals surface area contributed by atoms with E-state index in [2.05, 4.69) is 5.32 Å². The van der Waals surface area contributed by atoms with Crippen molar-refractivity contribution >= 4 is 23.7 Å². The molecule has 1 N–H and O–H groups in total. The monoisotopic (exact) mass is 440 g/mol. The van der Waals surface area contributed by atoms with Crippen molar-refractivity contribution in [1.82, 2.24) is 10.2 Å². The molecule has 0 aromatic heterocycles. The summed E-state index contributed by atoms with van der Waals surface area (Å²) in [6.07, 6.45) is 0.365. The van der Waals surface area contributed by atoms with Crippen molar-refractivity contribution in [3.05, 3.63) is 59.2 Å². The van der Waals surface area contributed by atoms with Crippen LogP contribution in [0.15, 0.2) is 42.5 Å². The lowest BCUT2D eigenvalue weighted by Crippen LogP contribution is -2.33. The first-order valence-corrected chi connectivity index (χ1v) is 10.0. The summed E-state index contributed by atoms with van der Waals surface area (Å²) in [5.41, 5.74) is 1.58. The Morgan fingerprint density at radius 1 is 0.938 bits per heavy atom. The first-order valence-electron chi connectivity index (χ1n) is 10.0. The van der Waals surface area contributed by atoms with Gasteiger partial charge in [0.05, 0.1) is 31.8 Å². The third kappa shape index (κ3) is 5.23. The SMILES string of the molecule is COc1ccc(CCNC(=O)COC(=O)CCN2C(=O)c3ccccc3C2=O)cc1OC. The van der Waals surface area contributed by atoms with Gasteiger partial charge in [-0.3, -0.25) is 24.1 Å². The average Bonchev–Trinajstić information content (AvgIpc) is 3.05. The van der Waals surface area contributed by atoms with Gasteiger partial charge in [0.25, 0.3) is 17.7 Å². The molecule has 1 heterocycles. The molecule has 2 aromatic carbocycles. The minimum absolute atomic E-state index is 0.105. The number of nitrogens with zero attached hydrogens (tertiary/aromatic N) is 1. The normalized spacial score (nSPS) is 12.4. The molecule has 32 heavy (non-hydrogen) atoms. The highest BCUT2D eigenvalue weighted by molar-refractivity contribution is 6.21. The van der Waals surface area contributed by atoms with E-state index < -0.39 is 30.3 Å². The quantitative estimate of drug-likeness (QED) is 0.441. The number of fused-ring (bicyclic) bond motifs is 1. The van der Waals surface area contributed by atoms with Gasteiger partial charge >= 0.3 is 5.97 Å². The topological polar surface area (TPSA) is 111 Å². The van der Waals surface area contributed by atoms with Gasteiger partial charge < -0.3 is 19.5 Å². The van der Waals surface area contributed by atoms with Crippen LogP contribution in [0.5, 0.6) is 11.5 Å². The summed E-state index contributed by atoms with van der Waals surface area (Å²) in [6, 6.07) is 12.0. The van der Waals surface area contributed by atoms with Gasteiger partial charge in [-0.25, -0.2) is 0 Å². The number of imide groups is 1. The van der Waals surface area contributed by atoms with Gasteiger partial charge in [-0.1, -0.05) is 18.2 Å². The number of ether oxygens (including phenoxy) is 3. The van der Waals surface area contributed by atoms with Crippen LogP contribution in [0.3, 0.4) is 0 Å². The maximum Gasteiger partial charge on any atom is 0.308 e. The molecule has 0 saturated carbocycles. The summed E-state index contributed by atoms with van der Waals surface area (Å²) in [6.45, 7) is -0.195. The van der Waals surface area contributed by atoms with E-state index in [-0.39, 0.29) is 13.0 Å². The highest BCUT2D eigenvalue weighted by atomic mass is 16.5. The highest BCUT2D eigenvalue weighted by Crippen LogP contribution is 2.27. The molecule has 2 aromatic rings. The van der Waals surface area contributed by atoms with E-state index in [1.165, 1.54) is 0 Å². The molecule has 168 valence electrons. The first kappa shape index (κ1) is 22.8. The Morgan fingerprint density at radius 3 is 2.22 bits per heavy atom. The first-order chi connectivity index (χ1) is 15.4. The Labute approximate surface area is 185 Å². The van der Waals surface area contributed by atoms with Crippen molar-refractivity contribution in [3.63, 3.8) is 0 Å². The predicted molar refractivity (Wildman–Crippen MR) is 114 cm³/mol. The van der Waals surface area contributed by atoms with Crippen LogP contribution < -0.4 is 14.8 Å². The molecule has 0 radical (unpaired) electrons. The molecule has 0 atom stereocenters. The van der Waals surface area contributed by atoms with Gasteiger partial charge in [0.1, 0.15) is 0 Å². The number of nitrogens with one attached hydrogen (secondary N) is 1. The second-order valence-electron chi connectivity index (χ2n) is 7.01. The Hall–Kier alpha value is -3.88. The van der Waals surface area contributed by atoms with E-state index in [1.54, 1.807) is 44.6 Å². The van der Waals surface area contributed by atoms with E-state index >= 15 is 0 Å². The van der Waals surface area contributed by atoms with Crippen LogP contribution in [-0.4, -0.2) is 62.5 Å². The summed E-state index contributed by atoms with van der Waals surface area (Å²) < 4.78 is 15.4. The van der Waals surface area contributed by atoms with Crippen LogP contribution in [-0.2, 0) is 20.7 Å². The lowest BCUT2D eigenvalue weighted by Gasteiger charge is -2.13. The zero-order valence-corrected chi connectivity index (χ0v) is 17.9. The molecule has 0 bridgehead atoms. The summed E-state index contributed by atoms with van der Waals surface area (Å²) >= 11 is 0. The molecule has 3 rings (SSSR count). The van der Waals surface area contributed by atoms with Crippen molar-refractivity contribution in [2.24, 2.45) is 0 Å². The van der Waals surface area contributed by atoms with Crippen LogP contribution >= 0.6 is 0 Å². The number of hydrogen-bond acceptors (Lipinski definition) is 7. The number of methoxy groups -OCH3 is 2. The molecule has 0 fully saturated rings. The number of carbonyl (C=O) groups excluding carboxylic acids is 4. The number of benzene rings is 2. The highest BCUT2D eigenvalue weighted by Gasteiger charge is 2.35. The maximum atomic E-state index is 12.3. The fraction of sp³-hybridized carbons (Fsp3) is 0.304. The predicted octanol–water partition coefficient (Wildman–Crippen LogP) is 1.59. The number of esters is 1. The van der Waals surface area contributed by atoms with Crippen molar-refractivity contribution in [2.75, 3.05) is 33.9 Å². The molecule has 3 amide bonds. The molecule has 0 saturated heterocycles. The summed E-state index contributed by atoms with van der Waals surface area (Å²) in [7, 11) is 3.10. The van der Waals surface area contributed by atoms with Crippen molar-refractivity contribution in [1.29, 1.82) is 0 Å². The lowest BCUT2D eigenvalue weighted by atomic mass is 10.1. The Kier molecular flexibility index (Phi) is 7.43. The van der Waals surface area contributed by atoms with Gasteiger partial charge in [-0.2, -0.15) is 0 Å². The van der Waals surface area contributed by atoms with Gasteiger partial charge in [-0.15, -0.1) is 0 Å². The lowest BCUT2D eigenvalue weighted by molar-refractivity contribution is -0.148. The molecule has 0 aliphatic carbocycles. The van der Waals surface area contributed by atoms with Crippen molar-refractivity contribution < 1.29 is 33.4 Å². The van der Waals surface area contributed by atoms with E-state index in [4.69, 9.17) is 14.2 Å². The molecule has 9 nitrogen and oxygen atoms in total. The standard InChI is InChI=1S/C23H24N2O7/c1-30-18-8-7-15(13-19(18)31-2)9-11-24-20(26)14-32-21(27)10-12-25-22(28)16-5-3-4-6-17(16)23(25)29/h3-8,13H,9-12,14H2,1-2H3,(H,24,26). The Balaban J connectivity index is 1.37. The fourth-order valence-electron chi connectivity index (χ4n) is 3.30. The van der Waals surface area contributed by atoms with Gasteiger partial charge in [0.15, 0.2) is 18.1 Å². The van der Waals surface area contributed by atoms with Crippen LogP contribution in [0.2, 0.25) is 0 Å². The van der Waals surface area contributed by atoms with E-state index in [1.807, 2.05) is 12.1 Å². The summed E-state index contributed by atoms with van der Waals surface area (Å²) in [5.74, 6) is -0.773. The summed E-state index contributed by atoms with van der Waals surface area (Å²) in [4.78, 5) is 49.4. The number of rotatable bonds is 10. The molecule has 1 aliphatic heterocycles.